The number of pyridine rings is 1. The highest BCUT2D eigenvalue weighted by Gasteiger charge is 2.19. The summed E-state index contributed by atoms with van der Waals surface area (Å²) in [5.74, 6) is 2.12. The van der Waals surface area contributed by atoms with Crippen molar-refractivity contribution in [2.75, 3.05) is 7.11 Å². The second kappa shape index (κ2) is 5.24. The summed E-state index contributed by atoms with van der Waals surface area (Å²) in [6.45, 7) is 1.96. The lowest BCUT2D eigenvalue weighted by Crippen LogP contribution is -1.83. The fraction of sp³-hybridized carbons (Fsp3) is 0.118. The maximum absolute atomic E-state index is 5.87. The molecule has 0 atom stereocenters. The highest BCUT2D eigenvalue weighted by atomic mass is 16.5. The molecule has 0 unspecified atom stereocenters. The summed E-state index contributed by atoms with van der Waals surface area (Å²) in [5.41, 5.74) is 2.32. The number of furan rings is 1. The number of nitrogens with zero attached hydrogens (tertiary/aromatic N) is 3. The van der Waals surface area contributed by atoms with Gasteiger partial charge >= 0.3 is 0 Å². The van der Waals surface area contributed by atoms with Gasteiger partial charge in [-0.2, -0.15) is 4.98 Å². The molecule has 114 valence electrons. The predicted octanol–water partition coefficient (Wildman–Crippen LogP) is 3.86. The van der Waals surface area contributed by atoms with E-state index >= 15 is 0 Å². The summed E-state index contributed by atoms with van der Waals surface area (Å²) in [4.78, 5) is 8.58. The van der Waals surface area contributed by atoms with Crippen LogP contribution in [0.1, 0.15) is 5.56 Å². The van der Waals surface area contributed by atoms with Gasteiger partial charge in [0.05, 0.1) is 7.11 Å². The number of rotatable bonds is 3. The van der Waals surface area contributed by atoms with E-state index in [4.69, 9.17) is 13.7 Å². The zero-order valence-corrected chi connectivity index (χ0v) is 12.6. The van der Waals surface area contributed by atoms with Gasteiger partial charge in [-0.15, -0.1) is 0 Å². The number of benzene rings is 1. The minimum atomic E-state index is 0.359. The van der Waals surface area contributed by atoms with Crippen molar-refractivity contribution in [3.63, 3.8) is 0 Å². The Morgan fingerprint density at radius 1 is 1.13 bits per heavy atom. The van der Waals surface area contributed by atoms with Crippen LogP contribution in [0.4, 0.5) is 0 Å². The molecule has 0 bridgehead atoms. The molecule has 0 radical (unpaired) electrons. The molecule has 0 aliphatic rings. The van der Waals surface area contributed by atoms with Gasteiger partial charge in [-0.05, 0) is 37.3 Å². The van der Waals surface area contributed by atoms with Crippen molar-refractivity contribution in [3.05, 3.63) is 48.2 Å². The number of ether oxygens (including phenoxy) is 1. The average molecular weight is 307 g/mol. The number of aromatic nitrogens is 3. The zero-order valence-electron chi connectivity index (χ0n) is 12.6. The molecule has 0 amide bonds. The SMILES string of the molecule is COc1ccc2oc(-c3noc(-c4ccccn4)n3)c(C)c2c1. The number of methoxy groups -OCH3 is 1. The lowest BCUT2D eigenvalue weighted by molar-refractivity contribution is 0.415. The van der Waals surface area contributed by atoms with E-state index in [0.29, 0.717) is 23.2 Å². The molecule has 3 heterocycles. The molecule has 1 aromatic carbocycles. The predicted molar refractivity (Wildman–Crippen MR) is 84.0 cm³/mol. The molecule has 0 aliphatic carbocycles. The van der Waals surface area contributed by atoms with Gasteiger partial charge in [-0.3, -0.25) is 4.98 Å². The first kappa shape index (κ1) is 13.5. The molecule has 0 saturated heterocycles. The van der Waals surface area contributed by atoms with Gasteiger partial charge in [0.25, 0.3) is 5.89 Å². The third-order valence-corrected chi connectivity index (χ3v) is 3.66. The molecule has 0 N–H and O–H groups in total. The van der Waals surface area contributed by atoms with E-state index in [1.165, 1.54) is 0 Å². The molecule has 4 rings (SSSR count). The molecule has 0 saturated carbocycles. The van der Waals surface area contributed by atoms with Crippen LogP contribution in [0.3, 0.4) is 0 Å². The van der Waals surface area contributed by atoms with E-state index in [2.05, 4.69) is 15.1 Å². The summed E-state index contributed by atoms with van der Waals surface area (Å²) < 4.78 is 16.4. The van der Waals surface area contributed by atoms with Crippen molar-refractivity contribution >= 4 is 11.0 Å². The molecule has 0 spiro atoms. The van der Waals surface area contributed by atoms with Crippen LogP contribution in [0.2, 0.25) is 0 Å². The smallest absolute Gasteiger partial charge is 0.276 e. The van der Waals surface area contributed by atoms with Crippen LogP contribution >= 0.6 is 0 Å². The first-order valence-electron chi connectivity index (χ1n) is 7.09. The van der Waals surface area contributed by atoms with Crippen molar-refractivity contribution in [1.29, 1.82) is 0 Å². The van der Waals surface area contributed by atoms with E-state index in [1.807, 2.05) is 43.3 Å². The summed E-state index contributed by atoms with van der Waals surface area (Å²) in [7, 11) is 1.63. The Hall–Kier alpha value is -3.15. The van der Waals surface area contributed by atoms with Gasteiger partial charge in [0.2, 0.25) is 5.82 Å². The van der Waals surface area contributed by atoms with E-state index < -0.39 is 0 Å². The van der Waals surface area contributed by atoms with Crippen LogP contribution in [-0.2, 0) is 0 Å². The van der Waals surface area contributed by atoms with Gasteiger partial charge in [0.15, 0.2) is 5.76 Å². The van der Waals surface area contributed by atoms with Gasteiger partial charge < -0.3 is 13.7 Å². The molecule has 4 aromatic rings. The summed E-state index contributed by atoms with van der Waals surface area (Å²) in [6.07, 6.45) is 1.68. The fourth-order valence-electron chi connectivity index (χ4n) is 2.45. The van der Waals surface area contributed by atoms with Crippen LogP contribution in [0.15, 0.2) is 51.5 Å². The molecule has 6 heteroatoms. The molecule has 0 aliphatic heterocycles. The molecular weight excluding hydrogens is 294 g/mol. The molecule has 23 heavy (non-hydrogen) atoms. The first-order chi connectivity index (χ1) is 11.3. The minimum Gasteiger partial charge on any atom is -0.497 e. The Bertz CT molecular complexity index is 973. The largest absolute Gasteiger partial charge is 0.497 e. The summed E-state index contributed by atoms with van der Waals surface area (Å²) in [5, 5.41) is 4.97. The summed E-state index contributed by atoms with van der Waals surface area (Å²) >= 11 is 0. The quantitative estimate of drug-likeness (QED) is 0.572. The lowest BCUT2D eigenvalue weighted by atomic mass is 10.1. The topological polar surface area (TPSA) is 74.2 Å². The van der Waals surface area contributed by atoms with Crippen molar-refractivity contribution in [1.82, 2.24) is 15.1 Å². The van der Waals surface area contributed by atoms with E-state index in [-0.39, 0.29) is 0 Å². The second-order valence-corrected chi connectivity index (χ2v) is 5.06. The van der Waals surface area contributed by atoms with Gasteiger partial charge in [0, 0.05) is 17.1 Å². The second-order valence-electron chi connectivity index (χ2n) is 5.06. The first-order valence-corrected chi connectivity index (χ1v) is 7.09. The highest BCUT2D eigenvalue weighted by Crippen LogP contribution is 2.34. The molecule has 6 nitrogen and oxygen atoms in total. The van der Waals surface area contributed by atoms with Crippen molar-refractivity contribution in [2.24, 2.45) is 0 Å². The maximum Gasteiger partial charge on any atom is 0.276 e. The van der Waals surface area contributed by atoms with Crippen molar-refractivity contribution in [3.8, 4) is 28.9 Å². The minimum absolute atomic E-state index is 0.359. The lowest BCUT2D eigenvalue weighted by Gasteiger charge is -1.97. The van der Waals surface area contributed by atoms with Crippen LogP contribution in [0.25, 0.3) is 34.1 Å². The third-order valence-electron chi connectivity index (χ3n) is 3.66. The van der Waals surface area contributed by atoms with Gasteiger partial charge in [0.1, 0.15) is 17.0 Å². The monoisotopic (exact) mass is 307 g/mol. The Morgan fingerprint density at radius 2 is 2.04 bits per heavy atom. The van der Waals surface area contributed by atoms with E-state index in [9.17, 15) is 0 Å². The maximum atomic E-state index is 5.87. The Morgan fingerprint density at radius 3 is 2.83 bits per heavy atom. The van der Waals surface area contributed by atoms with Crippen LogP contribution in [0, 0.1) is 6.92 Å². The third kappa shape index (κ3) is 2.24. The van der Waals surface area contributed by atoms with E-state index in [1.54, 1.807) is 13.3 Å². The number of hydrogen-bond acceptors (Lipinski definition) is 6. The van der Waals surface area contributed by atoms with E-state index in [0.717, 1.165) is 22.3 Å². The standard InChI is InChI=1S/C17H13N3O3/c1-10-12-9-11(21-2)6-7-14(12)22-15(10)16-19-17(23-20-16)13-5-3-4-8-18-13/h3-9H,1-2H3. The molecule has 0 fully saturated rings. The fourth-order valence-corrected chi connectivity index (χ4v) is 2.45. The van der Waals surface area contributed by atoms with Gasteiger partial charge in [-0.25, -0.2) is 0 Å². The average Bonchev–Trinajstić information content (AvgIpc) is 3.20. The Balaban J connectivity index is 1.81. The Labute approximate surface area is 131 Å². The van der Waals surface area contributed by atoms with Crippen molar-refractivity contribution in [2.45, 2.75) is 6.92 Å². The summed E-state index contributed by atoms with van der Waals surface area (Å²) in [6, 6.07) is 11.2. The van der Waals surface area contributed by atoms with Gasteiger partial charge in [-0.1, -0.05) is 11.2 Å². The Kier molecular flexibility index (Phi) is 3.08. The van der Waals surface area contributed by atoms with Crippen LogP contribution in [-0.4, -0.2) is 22.2 Å². The number of aryl methyl sites for hydroxylation is 1. The van der Waals surface area contributed by atoms with Crippen molar-refractivity contribution < 1.29 is 13.7 Å². The zero-order chi connectivity index (χ0) is 15.8. The molecular formula is C17H13N3O3. The van der Waals surface area contributed by atoms with Crippen LogP contribution in [0.5, 0.6) is 5.75 Å². The highest BCUT2D eigenvalue weighted by molar-refractivity contribution is 5.87. The normalized spacial score (nSPS) is 11.0. The number of hydrogen-bond donors (Lipinski definition) is 0. The molecule has 3 aromatic heterocycles. The van der Waals surface area contributed by atoms with Crippen LogP contribution < -0.4 is 4.74 Å². The number of fused-ring (bicyclic) bond motifs is 1.